The molecular weight excluding hydrogens is 899 g/mol. The topological polar surface area (TPSA) is 231 Å². The smallest absolute Gasteiger partial charge is 0.410 e. The predicted molar refractivity (Wildman–Crippen MR) is 262 cm³/mol. The maximum Gasteiger partial charge on any atom is 0.410 e. The lowest BCUT2D eigenvalue weighted by molar-refractivity contribution is -0.150. The average molecular weight is 976 g/mol. The first-order valence-corrected chi connectivity index (χ1v) is 24.7. The van der Waals surface area contributed by atoms with Crippen molar-refractivity contribution in [1.82, 2.24) is 36.4 Å². The molecule has 2 aliphatic heterocycles. The maximum absolute atomic E-state index is 14.3. The zero-order valence-corrected chi connectivity index (χ0v) is 42.5. The van der Waals surface area contributed by atoms with Crippen LogP contribution in [0.1, 0.15) is 118 Å². The predicted octanol–water partition coefficient (Wildman–Crippen LogP) is 4.53. The Labute approximate surface area is 413 Å². The molecule has 0 saturated carbocycles. The zero-order chi connectivity index (χ0) is 51.5. The van der Waals surface area contributed by atoms with Crippen LogP contribution in [0.3, 0.4) is 0 Å². The van der Waals surface area contributed by atoms with Crippen molar-refractivity contribution in [2.24, 2.45) is 17.8 Å². The van der Waals surface area contributed by atoms with Gasteiger partial charge < -0.3 is 45.7 Å². The van der Waals surface area contributed by atoms with Gasteiger partial charge in [-0.2, -0.15) is 0 Å². The number of hydrogen-bond donors (Lipinski definition) is 5. The SMILES string of the molecule is CC(C)C[C@H](NC(=O)[C@@H]1CCCN1C(=O)[C@H](CC(C)C)NC(=O)CNC(=O)[C@@H]1CCCN1C(=O)OC(C)(C)C)C(=O)N[C@@H](COCc1ccccc1)C(=O)N[C@@H](CC(C)C)C(=O)OCc1ccccc1. The summed E-state index contributed by atoms with van der Waals surface area (Å²) in [5.74, 6) is -4.27. The van der Waals surface area contributed by atoms with Gasteiger partial charge in [-0.25, -0.2) is 9.59 Å². The van der Waals surface area contributed by atoms with Crippen molar-refractivity contribution in [1.29, 1.82) is 0 Å². The van der Waals surface area contributed by atoms with Gasteiger partial charge in [-0.05, 0) is 94.6 Å². The standard InChI is InChI=1S/C52H77N7O11/c1-33(2)26-38(45(61)57-41(32-68-30-36-18-12-10-13-19-36)46(62)56-40(28-35(5)6)50(66)69-31-37-20-14-11-15-21-37)55-48(64)43-23-16-24-58(43)49(65)39(27-34(3)4)54-44(60)29-53-47(63)42-22-17-25-59(42)51(67)70-52(7,8)9/h10-15,18-21,33-35,38-43H,16-17,22-32H2,1-9H3,(H,53,63)(H,54,60)(H,55,64)(H,56,62)(H,57,61)/t38-,39-,40-,41-,42-,43-/m0/s1. The number of carbonyl (C=O) groups is 8. The van der Waals surface area contributed by atoms with Gasteiger partial charge in [0.1, 0.15) is 48.5 Å². The van der Waals surface area contributed by atoms with Gasteiger partial charge in [0.25, 0.3) is 0 Å². The summed E-state index contributed by atoms with van der Waals surface area (Å²) < 4.78 is 17.0. The number of benzene rings is 2. The molecule has 2 heterocycles. The Kier molecular flexibility index (Phi) is 22.1. The number of ether oxygens (including phenoxy) is 3. The van der Waals surface area contributed by atoms with E-state index in [4.69, 9.17) is 14.2 Å². The van der Waals surface area contributed by atoms with E-state index in [-0.39, 0.29) is 63.4 Å². The highest BCUT2D eigenvalue weighted by Gasteiger charge is 2.41. The van der Waals surface area contributed by atoms with Gasteiger partial charge in [0, 0.05) is 13.1 Å². The minimum Gasteiger partial charge on any atom is -0.459 e. The molecule has 0 bridgehead atoms. The van der Waals surface area contributed by atoms with Crippen LogP contribution in [0.25, 0.3) is 0 Å². The van der Waals surface area contributed by atoms with Gasteiger partial charge in [0.2, 0.25) is 35.4 Å². The number of hydrogen-bond acceptors (Lipinski definition) is 11. The van der Waals surface area contributed by atoms with Crippen LogP contribution < -0.4 is 26.6 Å². The molecule has 18 heteroatoms. The van der Waals surface area contributed by atoms with Crippen LogP contribution in [0.15, 0.2) is 60.7 Å². The van der Waals surface area contributed by atoms with Gasteiger partial charge in [0.05, 0.1) is 19.8 Å². The van der Waals surface area contributed by atoms with Crippen molar-refractivity contribution in [3.05, 3.63) is 71.8 Å². The highest BCUT2D eigenvalue weighted by Crippen LogP contribution is 2.23. The van der Waals surface area contributed by atoms with Crippen LogP contribution in [0.5, 0.6) is 0 Å². The first kappa shape index (κ1) is 56.5. The average Bonchev–Trinajstić information content (AvgIpc) is 4.00. The third kappa shape index (κ3) is 18.7. The fourth-order valence-electron chi connectivity index (χ4n) is 8.39. The second-order valence-electron chi connectivity index (χ2n) is 20.5. The van der Waals surface area contributed by atoms with E-state index in [0.29, 0.717) is 32.2 Å². The summed E-state index contributed by atoms with van der Waals surface area (Å²) in [5.41, 5.74) is 0.871. The van der Waals surface area contributed by atoms with Crippen LogP contribution in [-0.2, 0) is 61.0 Å². The van der Waals surface area contributed by atoms with Crippen LogP contribution in [0, 0.1) is 17.8 Å². The summed E-state index contributed by atoms with van der Waals surface area (Å²) in [6.45, 7) is 16.6. The highest BCUT2D eigenvalue weighted by atomic mass is 16.6. The van der Waals surface area contributed by atoms with Crippen LogP contribution in [0.4, 0.5) is 4.79 Å². The fourth-order valence-corrected chi connectivity index (χ4v) is 8.39. The second kappa shape index (κ2) is 27.4. The molecule has 386 valence electrons. The Morgan fingerprint density at radius 2 is 1.10 bits per heavy atom. The second-order valence-corrected chi connectivity index (χ2v) is 20.5. The fraction of sp³-hybridized carbons (Fsp3) is 0.615. The summed E-state index contributed by atoms with van der Waals surface area (Å²) in [6.07, 6.45) is 1.89. The molecule has 2 saturated heterocycles. The number of carbonyl (C=O) groups excluding carboxylic acids is 8. The van der Waals surface area contributed by atoms with Gasteiger partial charge in [-0.3, -0.25) is 33.7 Å². The lowest BCUT2D eigenvalue weighted by Gasteiger charge is -2.31. The molecule has 70 heavy (non-hydrogen) atoms. The molecule has 0 spiro atoms. The normalized spacial score (nSPS) is 17.6. The van der Waals surface area contributed by atoms with Crippen molar-refractivity contribution < 1.29 is 52.6 Å². The molecule has 4 rings (SSSR count). The Bertz CT molecular complexity index is 2060. The summed E-state index contributed by atoms with van der Waals surface area (Å²) in [6, 6.07) is 12.2. The molecule has 0 aliphatic carbocycles. The molecule has 2 aromatic carbocycles. The van der Waals surface area contributed by atoms with E-state index < -0.39 is 95.9 Å². The van der Waals surface area contributed by atoms with E-state index in [2.05, 4.69) is 26.6 Å². The summed E-state index contributed by atoms with van der Waals surface area (Å²) >= 11 is 0. The van der Waals surface area contributed by atoms with E-state index in [1.807, 2.05) is 102 Å². The molecule has 2 aliphatic rings. The molecule has 18 nitrogen and oxygen atoms in total. The minimum atomic E-state index is -1.28. The van der Waals surface area contributed by atoms with Gasteiger partial charge in [-0.1, -0.05) is 102 Å². The molecule has 0 radical (unpaired) electrons. The van der Waals surface area contributed by atoms with Crippen molar-refractivity contribution in [2.75, 3.05) is 26.2 Å². The molecule has 2 fully saturated rings. The van der Waals surface area contributed by atoms with E-state index in [1.165, 1.54) is 9.80 Å². The number of esters is 1. The summed E-state index contributed by atoms with van der Waals surface area (Å²) in [4.78, 5) is 112. The van der Waals surface area contributed by atoms with E-state index in [0.717, 1.165) is 11.1 Å². The molecule has 2 aromatic rings. The number of nitrogens with one attached hydrogen (secondary N) is 5. The molecular formula is C52H77N7O11. The Morgan fingerprint density at radius 3 is 1.67 bits per heavy atom. The van der Waals surface area contributed by atoms with Crippen molar-refractivity contribution in [3.8, 4) is 0 Å². The quantitative estimate of drug-likeness (QED) is 0.0918. The van der Waals surface area contributed by atoms with Crippen LogP contribution in [-0.4, -0.2) is 125 Å². The summed E-state index contributed by atoms with van der Waals surface area (Å²) in [7, 11) is 0. The maximum atomic E-state index is 14.3. The van der Waals surface area contributed by atoms with Gasteiger partial charge >= 0.3 is 12.1 Å². The third-order valence-electron chi connectivity index (χ3n) is 11.7. The van der Waals surface area contributed by atoms with Crippen molar-refractivity contribution in [3.63, 3.8) is 0 Å². The highest BCUT2D eigenvalue weighted by molar-refractivity contribution is 5.97. The molecule has 6 atom stereocenters. The Hall–Kier alpha value is -6.04. The number of nitrogens with zero attached hydrogens (tertiary/aromatic N) is 2. The Morgan fingerprint density at radius 1 is 0.600 bits per heavy atom. The lowest BCUT2D eigenvalue weighted by atomic mass is 10.0. The molecule has 5 N–H and O–H groups in total. The van der Waals surface area contributed by atoms with E-state index in [1.54, 1.807) is 20.8 Å². The number of likely N-dealkylation sites (tertiary alicyclic amines) is 2. The van der Waals surface area contributed by atoms with Gasteiger partial charge in [-0.15, -0.1) is 0 Å². The summed E-state index contributed by atoms with van der Waals surface area (Å²) in [5, 5.41) is 13.8. The molecule has 0 aromatic heterocycles. The molecule has 7 amide bonds. The first-order chi connectivity index (χ1) is 33.1. The van der Waals surface area contributed by atoms with Crippen molar-refractivity contribution in [2.45, 2.75) is 162 Å². The number of amides is 7. The van der Waals surface area contributed by atoms with E-state index in [9.17, 15) is 38.4 Å². The van der Waals surface area contributed by atoms with Crippen LogP contribution >= 0.6 is 0 Å². The largest absolute Gasteiger partial charge is 0.459 e. The molecule has 0 unspecified atom stereocenters. The van der Waals surface area contributed by atoms with Crippen molar-refractivity contribution >= 4 is 47.5 Å². The minimum absolute atomic E-state index is 0.00375. The monoisotopic (exact) mass is 976 g/mol. The third-order valence-corrected chi connectivity index (χ3v) is 11.7. The van der Waals surface area contributed by atoms with E-state index >= 15 is 0 Å². The Balaban J connectivity index is 1.45. The lowest BCUT2D eigenvalue weighted by Crippen LogP contribution is -2.59. The zero-order valence-electron chi connectivity index (χ0n) is 42.5. The number of rotatable bonds is 24. The van der Waals surface area contributed by atoms with Gasteiger partial charge in [0.15, 0.2) is 0 Å². The first-order valence-electron chi connectivity index (χ1n) is 24.7. The van der Waals surface area contributed by atoms with Crippen LogP contribution in [0.2, 0.25) is 0 Å².